The molecule has 1 fully saturated rings. The van der Waals surface area contributed by atoms with E-state index in [1.165, 1.54) is 36.3 Å². The average molecular weight is 326 g/mol. The van der Waals surface area contributed by atoms with Gasteiger partial charge in [-0.2, -0.15) is 0 Å². The first kappa shape index (κ1) is 16.3. The molecular weight excluding hydrogens is 308 g/mol. The minimum absolute atomic E-state index is 0.265. The number of esters is 1. The number of ether oxygens (including phenoxy) is 1. The molecule has 1 aromatic rings. The lowest BCUT2D eigenvalue weighted by Gasteiger charge is -2.22. The van der Waals surface area contributed by atoms with Gasteiger partial charge in [0, 0.05) is 17.8 Å². The van der Waals surface area contributed by atoms with Crippen LogP contribution in [0.4, 0.5) is 5.69 Å². The zero-order valence-electron chi connectivity index (χ0n) is 12.4. The molecule has 1 saturated heterocycles. The quantitative estimate of drug-likeness (QED) is 0.828. The lowest BCUT2D eigenvalue weighted by Crippen LogP contribution is -2.41. The summed E-state index contributed by atoms with van der Waals surface area (Å²) in [6.45, 7) is 0.502. The van der Waals surface area contributed by atoms with E-state index in [-0.39, 0.29) is 5.91 Å². The van der Waals surface area contributed by atoms with Gasteiger partial charge in [-0.25, -0.2) is 13.2 Å². The number of amides is 1. The standard InChI is InChI=1S/C14H18N2O5S/c1-21-14(18)12-4-3-9-16(12)13(17)10-5-7-11(8-6-10)15-22(2,19)20/h5-8,12,15H,3-4,9H2,1-2H3. The summed E-state index contributed by atoms with van der Waals surface area (Å²) < 4.78 is 29.3. The van der Waals surface area contributed by atoms with Crippen LogP contribution in [0, 0.1) is 0 Å². The highest BCUT2D eigenvalue weighted by atomic mass is 32.2. The molecule has 7 nitrogen and oxygen atoms in total. The van der Waals surface area contributed by atoms with Gasteiger partial charge in [-0.15, -0.1) is 0 Å². The summed E-state index contributed by atoms with van der Waals surface area (Å²) in [6.07, 6.45) is 2.39. The molecule has 0 radical (unpaired) electrons. The van der Waals surface area contributed by atoms with Crippen LogP contribution in [0.5, 0.6) is 0 Å². The summed E-state index contributed by atoms with van der Waals surface area (Å²) in [5.41, 5.74) is 0.778. The summed E-state index contributed by atoms with van der Waals surface area (Å²) >= 11 is 0. The maximum absolute atomic E-state index is 12.5. The number of carbonyl (C=O) groups excluding carboxylic acids is 2. The van der Waals surface area contributed by atoms with Crippen LogP contribution >= 0.6 is 0 Å². The third-order valence-corrected chi connectivity index (χ3v) is 4.03. The van der Waals surface area contributed by atoms with Crippen LogP contribution in [0.15, 0.2) is 24.3 Å². The number of sulfonamides is 1. The second kappa shape index (κ2) is 6.35. The predicted molar refractivity (Wildman–Crippen MR) is 81.0 cm³/mol. The Bertz CT molecular complexity index is 669. The van der Waals surface area contributed by atoms with Crippen LogP contribution in [0.2, 0.25) is 0 Å². The smallest absolute Gasteiger partial charge is 0.328 e. The lowest BCUT2D eigenvalue weighted by molar-refractivity contribution is -0.145. The first-order valence-electron chi connectivity index (χ1n) is 6.78. The van der Waals surface area contributed by atoms with E-state index in [2.05, 4.69) is 4.72 Å². The Morgan fingerprint density at radius 3 is 2.45 bits per heavy atom. The first-order valence-corrected chi connectivity index (χ1v) is 8.67. The molecule has 0 aromatic heterocycles. The van der Waals surface area contributed by atoms with Crippen LogP contribution in [0.1, 0.15) is 23.2 Å². The molecule has 1 heterocycles. The molecule has 0 bridgehead atoms. The molecule has 8 heteroatoms. The summed E-state index contributed by atoms with van der Waals surface area (Å²) in [5, 5.41) is 0. The van der Waals surface area contributed by atoms with Crippen molar-refractivity contribution in [2.24, 2.45) is 0 Å². The molecule has 0 aliphatic carbocycles. The zero-order valence-corrected chi connectivity index (χ0v) is 13.2. The summed E-state index contributed by atoms with van der Waals surface area (Å²) in [5.74, 6) is -0.681. The highest BCUT2D eigenvalue weighted by molar-refractivity contribution is 7.92. The number of rotatable bonds is 4. The Morgan fingerprint density at radius 2 is 1.91 bits per heavy atom. The maximum atomic E-state index is 12.5. The molecule has 1 amide bonds. The number of carbonyl (C=O) groups is 2. The monoisotopic (exact) mass is 326 g/mol. The fourth-order valence-electron chi connectivity index (χ4n) is 2.45. The molecule has 0 saturated carbocycles. The number of likely N-dealkylation sites (tertiary alicyclic amines) is 1. The maximum Gasteiger partial charge on any atom is 0.328 e. The third-order valence-electron chi connectivity index (χ3n) is 3.42. The number of hydrogen-bond acceptors (Lipinski definition) is 5. The van der Waals surface area contributed by atoms with E-state index in [0.29, 0.717) is 24.2 Å². The highest BCUT2D eigenvalue weighted by Gasteiger charge is 2.35. The third kappa shape index (κ3) is 3.76. The predicted octanol–water partition coefficient (Wildman–Crippen LogP) is 0.836. The fourth-order valence-corrected chi connectivity index (χ4v) is 3.02. The molecule has 120 valence electrons. The van der Waals surface area contributed by atoms with Gasteiger partial charge in [-0.05, 0) is 37.1 Å². The van der Waals surface area contributed by atoms with Crippen molar-refractivity contribution in [3.8, 4) is 0 Å². The van der Waals surface area contributed by atoms with E-state index >= 15 is 0 Å². The zero-order chi connectivity index (χ0) is 16.3. The lowest BCUT2D eigenvalue weighted by atomic mass is 10.1. The van der Waals surface area contributed by atoms with Gasteiger partial charge in [0.1, 0.15) is 6.04 Å². The first-order chi connectivity index (χ1) is 10.3. The Balaban J connectivity index is 2.14. The molecule has 1 aliphatic rings. The van der Waals surface area contributed by atoms with E-state index in [1.54, 1.807) is 0 Å². The van der Waals surface area contributed by atoms with Gasteiger partial charge in [0.25, 0.3) is 5.91 Å². The van der Waals surface area contributed by atoms with Gasteiger partial charge >= 0.3 is 5.97 Å². The van der Waals surface area contributed by atoms with Crippen molar-refractivity contribution in [3.05, 3.63) is 29.8 Å². The van der Waals surface area contributed by atoms with Crippen LogP contribution in [-0.4, -0.2) is 51.1 Å². The second-order valence-electron chi connectivity index (χ2n) is 5.13. The van der Waals surface area contributed by atoms with Gasteiger partial charge in [0.05, 0.1) is 13.4 Å². The SMILES string of the molecule is COC(=O)C1CCCN1C(=O)c1ccc(NS(C)(=O)=O)cc1. The Hall–Kier alpha value is -2.09. The van der Waals surface area contributed by atoms with Gasteiger partial charge in [0.2, 0.25) is 10.0 Å². The Morgan fingerprint density at radius 1 is 1.27 bits per heavy atom. The number of benzene rings is 1. The molecule has 1 aliphatic heterocycles. The van der Waals surface area contributed by atoms with Crippen molar-refractivity contribution in [1.82, 2.24) is 4.90 Å². The second-order valence-corrected chi connectivity index (χ2v) is 6.88. The normalized spacial score (nSPS) is 18.1. The number of hydrogen-bond donors (Lipinski definition) is 1. The minimum atomic E-state index is -3.36. The molecule has 22 heavy (non-hydrogen) atoms. The molecule has 1 unspecified atom stereocenters. The van der Waals surface area contributed by atoms with E-state index in [1.807, 2.05) is 0 Å². The van der Waals surface area contributed by atoms with Crippen molar-refractivity contribution in [2.45, 2.75) is 18.9 Å². The number of anilines is 1. The topological polar surface area (TPSA) is 92.8 Å². The number of nitrogens with one attached hydrogen (secondary N) is 1. The van der Waals surface area contributed by atoms with Crippen molar-refractivity contribution >= 4 is 27.6 Å². The molecule has 2 rings (SSSR count). The van der Waals surface area contributed by atoms with Crippen LogP contribution in [-0.2, 0) is 19.6 Å². The largest absolute Gasteiger partial charge is 0.467 e. The number of methoxy groups -OCH3 is 1. The molecule has 1 aromatic carbocycles. The average Bonchev–Trinajstić information content (AvgIpc) is 2.94. The summed E-state index contributed by atoms with van der Waals surface area (Å²) in [7, 11) is -2.06. The van der Waals surface area contributed by atoms with E-state index < -0.39 is 22.0 Å². The van der Waals surface area contributed by atoms with E-state index in [0.717, 1.165) is 12.7 Å². The Labute approximate surface area is 129 Å². The van der Waals surface area contributed by atoms with Crippen molar-refractivity contribution in [1.29, 1.82) is 0 Å². The van der Waals surface area contributed by atoms with Gasteiger partial charge in [-0.1, -0.05) is 0 Å². The fraction of sp³-hybridized carbons (Fsp3) is 0.429. The summed E-state index contributed by atoms with van der Waals surface area (Å²) in [4.78, 5) is 25.6. The summed E-state index contributed by atoms with van der Waals surface area (Å²) in [6, 6.07) is 5.53. The molecule has 0 spiro atoms. The van der Waals surface area contributed by atoms with Gasteiger partial charge < -0.3 is 9.64 Å². The number of nitrogens with zero attached hydrogens (tertiary/aromatic N) is 1. The van der Waals surface area contributed by atoms with Crippen LogP contribution in [0.3, 0.4) is 0 Å². The minimum Gasteiger partial charge on any atom is -0.467 e. The van der Waals surface area contributed by atoms with Crippen LogP contribution in [0.25, 0.3) is 0 Å². The van der Waals surface area contributed by atoms with Gasteiger partial charge in [-0.3, -0.25) is 9.52 Å². The van der Waals surface area contributed by atoms with Gasteiger partial charge in [0.15, 0.2) is 0 Å². The van der Waals surface area contributed by atoms with Crippen LogP contribution < -0.4 is 4.72 Å². The molecular formula is C14H18N2O5S. The van der Waals surface area contributed by atoms with Crippen molar-refractivity contribution in [2.75, 3.05) is 24.6 Å². The Kier molecular flexibility index (Phi) is 4.70. The van der Waals surface area contributed by atoms with Crippen molar-refractivity contribution in [3.63, 3.8) is 0 Å². The highest BCUT2D eigenvalue weighted by Crippen LogP contribution is 2.22. The van der Waals surface area contributed by atoms with Crippen molar-refractivity contribution < 1.29 is 22.7 Å². The molecule has 1 atom stereocenters. The van der Waals surface area contributed by atoms with E-state index in [9.17, 15) is 18.0 Å². The van der Waals surface area contributed by atoms with E-state index in [4.69, 9.17) is 4.74 Å². The molecule has 1 N–H and O–H groups in total.